The molecular weight excluding hydrogens is 224 g/mol. The SMILES string of the molecule is CCCOCCCNc1nn(C)cc1[N+](=O)[O-]. The lowest BCUT2D eigenvalue weighted by atomic mass is 10.4. The van der Waals surface area contributed by atoms with Gasteiger partial charge >= 0.3 is 5.69 Å². The second kappa shape index (κ2) is 6.85. The Morgan fingerprint density at radius 1 is 1.59 bits per heavy atom. The molecule has 1 heterocycles. The highest BCUT2D eigenvalue weighted by Crippen LogP contribution is 2.20. The van der Waals surface area contributed by atoms with Gasteiger partial charge in [-0.25, -0.2) is 0 Å². The first-order valence-electron chi connectivity index (χ1n) is 5.64. The maximum Gasteiger partial charge on any atom is 0.330 e. The average molecular weight is 242 g/mol. The van der Waals surface area contributed by atoms with E-state index in [0.29, 0.717) is 19.0 Å². The van der Waals surface area contributed by atoms with Crippen molar-refractivity contribution < 1.29 is 9.66 Å². The fourth-order valence-corrected chi connectivity index (χ4v) is 1.36. The molecule has 0 amide bonds. The molecule has 0 aromatic carbocycles. The third-order valence-corrected chi connectivity index (χ3v) is 2.11. The minimum Gasteiger partial charge on any atom is -0.381 e. The molecule has 0 aliphatic heterocycles. The van der Waals surface area contributed by atoms with Gasteiger partial charge in [-0.1, -0.05) is 6.92 Å². The van der Waals surface area contributed by atoms with Gasteiger partial charge in [0.05, 0.1) is 4.92 Å². The number of anilines is 1. The van der Waals surface area contributed by atoms with E-state index in [1.54, 1.807) is 7.05 Å². The van der Waals surface area contributed by atoms with Gasteiger partial charge in [0.1, 0.15) is 6.20 Å². The topological polar surface area (TPSA) is 82.2 Å². The number of nitrogens with zero attached hydrogens (tertiary/aromatic N) is 3. The summed E-state index contributed by atoms with van der Waals surface area (Å²) >= 11 is 0. The molecule has 96 valence electrons. The van der Waals surface area contributed by atoms with Gasteiger partial charge in [0.2, 0.25) is 5.82 Å². The second-order valence-corrected chi connectivity index (χ2v) is 3.69. The Kier molecular flexibility index (Phi) is 5.41. The normalized spacial score (nSPS) is 10.5. The molecule has 0 spiro atoms. The van der Waals surface area contributed by atoms with Crippen molar-refractivity contribution in [3.63, 3.8) is 0 Å². The number of ether oxygens (including phenoxy) is 1. The molecule has 7 heteroatoms. The third-order valence-electron chi connectivity index (χ3n) is 2.11. The molecule has 1 aromatic rings. The monoisotopic (exact) mass is 242 g/mol. The highest BCUT2D eigenvalue weighted by Gasteiger charge is 2.17. The van der Waals surface area contributed by atoms with Gasteiger partial charge in [0, 0.05) is 26.8 Å². The highest BCUT2D eigenvalue weighted by atomic mass is 16.6. The van der Waals surface area contributed by atoms with Crippen LogP contribution in [0.2, 0.25) is 0 Å². The van der Waals surface area contributed by atoms with Crippen molar-refractivity contribution in [1.29, 1.82) is 0 Å². The summed E-state index contributed by atoms with van der Waals surface area (Å²) in [6.07, 6.45) is 3.18. The van der Waals surface area contributed by atoms with E-state index in [4.69, 9.17) is 4.74 Å². The molecule has 1 aromatic heterocycles. The molecule has 0 bridgehead atoms. The predicted molar refractivity (Wildman–Crippen MR) is 64.1 cm³/mol. The van der Waals surface area contributed by atoms with E-state index in [0.717, 1.165) is 19.4 Å². The lowest BCUT2D eigenvalue weighted by Crippen LogP contribution is -2.07. The van der Waals surface area contributed by atoms with Crippen LogP contribution in [0.1, 0.15) is 19.8 Å². The van der Waals surface area contributed by atoms with E-state index in [1.165, 1.54) is 10.9 Å². The van der Waals surface area contributed by atoms with Gasteiger partial charge in [-0.2, -0.15) is 0 Å². The molecule has 0 saturated heterocycles. The Bertz CT molecular complexity index is 364. The van der Waals surface area contributed by atoms with Crippen molar-refractivity contribution in [2.75, 3.05) is 25.1 Å². The molecule has 17 heavy (non-hydrogen) atoms. The molecule has 0 atom stereocenters. The summed E-state index contributed by atoms with van der Waals surface area (Å²) in [6.45, 7) is 4.07. The van der Waals surface area contributed by atoms with Crippen LogP contribution in [0.3, 0.4) is 0 Å². The molecule has 0 radical (unpaired) electrons. The van der Waals surface area contributed by atoms with Crippen LogP contribution in [0.15, 0.2) is 6.20 Å². The van der Waals surface area contributed by atoms with Crippen molar-refractivity contribution >= 4 is 11.5 Å². The Labute approximate surface area is 99.9 Å². The number of nitrogens with one attached hydrogen (secondary N) is 1. The molecule has 0 unspecified atom stereocenters. The summed E-state index contributed by atoms with van der Waals surface area (Å²) in [6, 6.07) is 0. The summed E-state index contributed by atoms with van der Waals surface area (Å²) in [5.74, 6) is 0.313. The number of hydrogen-bond acceptors (Lipinski definition) is 5. The van der Waals surface area contributed by atoms with Crippen molar-refractivity contribution in [3.05, 3.63) is 16.3 Å². The van der Waals surface area contributed by atoms with Crippen LogP contribution >= 0.6 is 0 Å². The van der Waals surface area contributed by atoms with E-state index < -0.39 is 4.92 Å². The van der Waals surface area contributed by atoms with Crippen molar-refractivity contribution in [2.45, 2.75) is 19.8 Å². The minimum atomic E-state index is -0.442. The molecule has 1 rings (SSSR count). The van der Waals surface area contributed by atoms with Crippen LogP contribution in [0.4, 0.5) is 11.5 Å². The number of hydrogen-bond donors (Lipinski definition) is 1. The van der Waals surface area contributed by atoms with Gasteiger partial charge < -0.3 is 10.1 Å². The van der Waals surface area contributed by atoms with E-state index in [9.17, 15) is 10.1 Å². The second-order valence-electron chi connectivity index (χ2n) is 3.69. The van der Waals surface area contributed by atoms with Crippen LogP contribution in [-0.2, 0) is 11.8 Å². The molecule has 1 N–H and O–H groups in total. The maximum absolute atomic E-state index is 10.7. The van der Waals surface area contributed by atoms with Crippen molar-refractivity contribution in [1.82, 2.24) is 9.78 Å². The van der Waals surface area contributed by atoms with E-state index in [2.05, 4.69) is 17.3 Å². The van der Waals surface area contributed by atoms with Crippen LogP contribution < -0.4 is 5.32 Å². The molecule has 0 aliphatic rings. The van der Waals surface area contributed by atoms with E-state index in [1.807, 2.05) is 0 Å². The van der Waals surface area contributed by atoms with Crippen LogP contribution in [0.25, 0.3) is 0 Å². The Morgan fingerprint density at radius 3 is 3.00 bits per heavy atom. The smallest absolute Gasteiger partial charge is 0.330 e. The summed E-state index contributed by atoms with van der Waals surface area (Å²) in [4.78, 5) is 10.3. The van der Waals surface area contributed by atoms with Gasteiger partial charge in [-0.15, -0.1) is 5.10 Å². The lowest BCUT2D eigenvalue weighted by molar-refractivity contribution is -0.384. The van der Waals surface area contributed by atoms with Crippen molar-refractivity contribution in [3.8, 4) is 0 Å². The first kappa shape index (κ1) is 13.4. The Morgan fingerprint density at radius 2 is 2.35 bits per heavy atom. The molecule has 0 saturated carbocycles. The van der Waals surface area contributed by atoms with E-state index >= 15 is 0 Å². The summed E-state index contributed by atoms with van der Waals surface area (Å²) in [7, 11) is 1.66. The number of aryl methyl sites for hydroxylation is 1. The Balaban J connectivity index is 2.33. The number of aromatic nitrogens is 2. The first-order chi connectivity index (χ1) is 8.15. The lowest BCUT2D eigenvalue weighted by Gasteiger charge is -2.03. The maximum atomic E-state index is 10.7. The summed E-state index contributed by atoms with van der Waals surface area (Å²) < 4.78 is 6.73. The standard InChI is InChI=1S/C10H18N4O3/c1-3-6-17-7-4-5-11-10-9(14(15)16)8-13(2)12-10/h8H,3-7H2,1-2H3,(H,11,12). The van der Waals surface area contributed by atoms with Crippen LogP contribution in [0.5, 0.6) is 0 Å². The van der Waals surface area contributed by atoms with E-state index in [-0.39, 0.29) is 5.69 Å². The number of rotatable bonds is 8. The minimum absolute atomic E-state index is 0.00183. The molecule has 0 aliphatic carbocycles. The van der Waals surface area contributed by atoms with Gasteiger partial charge in [-0.3, -0.25) is 14.8 Å². The fraction of sp³-hybridized carbons (Fsp3) is 0.700. The van der Waals surface area contributed by atoms with Crippen LogP contribution in [0, 0.1) is 10.1 Å². The zero-order chi connectivity index (χ0) is 12.7. The fourth-order valence-electron chi connectivity index (χ4n) is 1.36. The van der Waals surface area contributed by atoms with Gasteiger partial charge in [0.15, 0.2) is 0 Å². The molecule has 0 fully saturated rings. The average Bonchev–Trinajstić information content (AvgIpc) is 2.65. The van der Waals surface area contributed by atoms with Crippen molar-refractivity contribution in [2.24, 2.45) is 7.05 Å². The first-order valence-corrected chi connectivity index (χ1v) is 5.64. The quantitative estimate of drug-likeness (QED) is 0.425. The largest absolute Gasteiger partial charge is 0.381 e. The zero-order valence-electron chi connectivity index (χ0n) is 10.2. The number of nitro groups is 1. The summed E-state index contributed by atoms with van der Waals surface area (Å²) in [5, 5.41) is 17.6. The Hall–Kier alpha value is -1.63. The zero-order valence-corrected chi connectivity index (χ0v) is 10.2. The molecule has 7 nitrogen and oxygen atoms in total. The predicted octanol–water partition coefficient (Wildman–Crippen LogP) is 1.56. The molecular formula is C10H18N4O3. The summed E-state index contributed by atoms with van der Waals surface area (Å²) in [5.41, 5.74) is 0.00183. The van der Waals surface area contributed by atoms with Gasteiger partial charge in [0.25, 0.3) is 0 Å². The highest BCUT2D eigenvalue weighted by molar-refractivity contribution is 5.54. The van der Waals surface area contributed by atoms with Crippen LogP contribution in [-0.4, -0.2) is 34.5 Å². The third kappa shape index (κ3) is 4.39. The van der Waals surface area contributed by atoms with Gasteiger partial charge in [-0.05, 0) is 12.8 Å².